The molecule has 0 unspecified atom stereocenters. The molecule has 0 bridgehead atoms. The molecule has 132 valence electrons. The Bertz CT molecular complexity index is 962. The molecule has 26 heavy (non-hydrogen) atoms. The van der Waals surface area contributed by atoms with Gasteiger partial charge in [-0.3, -0.25) is 0 Å². The minimum Gasteiger partial charge on any atom is -0.457 e. The van der Waals surface area contributed by atoms with Gasteiger partial charge in [0.25, 0.3) is 0 Å². The summed E-state index contributed by atoms with van der Waals surface area (Å²) >= 11 is 0. The smallest absolute Gasteiger partial charge is 0.338 e. The minimum atomic E-state index is -0.449. The first-order valence-corrected chi connectivity index (χ1v) is 8.31. The van der Waals surface area contributed by atoms with E-state index in [0.29, 0.717) is 17.1 Å². The Morgan fingerprint density at radius 2 is 1.58 bits per heavy atom. The molecule has 4 nitrogen and oxygen atoms in total. The standard InChI is InChI=1S/C22H21NO3/c1-15(2)22(24)26-21-18-13-9-8-12-17(18)20(14-19(21)23(3)4)25-16-10-6-5-7-11-16/h5-14H,1H2,2-4H3. The number of nitrogens with zero attached hydrogens (tertiary/aromatic N) is 1. The Morgan fingerprint density at radius 3 is 2.19 bits per heavy atom. The third kappa shape index (κ3) is 3.54. The predicted molar refractivity (Wildman–Crippen MR) is 105 cm³/mol. The van der Waals surface area contributed by atoms with E-state index in [2.05, 4.69) is 6.58 Å². The number of anilines is 1. The monoisotopic (exact) mass is 347 g/mol. The number of rotatable bonds is 5. The van der Waals surface area contributed by atoms with Crippen LogP contribution in [0.25, 0.3) is 10.8 Å². The van der Waals surface area contributed by atoms with E-state index in [0.717, 1.165) is 22.2 Å². The van der Waals surface area contributed by atoms with E-state index in [1.165, 1.54) is 0 Å². The van der Waals surface area contributed by atoms with Crippen LogP contribution in [0.1, 0.15) is 6.92 Å². The molecule has 3 aromatic carbocycles. The molecular formula is C22H21NO3. The van der Waals surface area contributed by atoms with Crippen molar-refractivity contribution >= 4 is 22.4 Å². The van der Waals surface area contributed by atoms with E-state index < -0.39 is 5.97 Å². The molecule has 0 aliphatic heterocycles. The first-order valence-electron chi connectivity index (χ1n) is 8.31. The van der Waals surface area contributed by atoms with E-state index >= 15 is 0 Å². The van der Waals surface area contributed by atoms with Crippen LogP contribution >= 0.6 is 0 Å². The largest absolute Gasteiger partial charge is 0.457 e. The van der Waals surface area contributed by atoms with E-state index in [4.69, 9.17) is 9.47 Å². The van der Waals surface area contributed by atoms with Gasteiger partial charge in [0.15, 0.2) is 5.75 Å². The van der Waals surface area contributed by atoms with Crippen molar-refractivity contribution in [3.8, 4) is 17.2 Å². The van der Waals surface area contributed by atoms with Crippen molar-refractivity contribution < 1.29 is 14.3 Å². The molecule has 0 amide bonds. The van der Waals surface area contributed by atoms with Gasteiger partial charge in [-0.15, -0.1) is 0 Å². The molecule has 0 saturated heterocycles. The Labute approximate surface area is 153 Å². The van der Waals surface area contributed by atoms with Crippen LogP contribution in [0.2, 0.25) is 0 Å². The summed E-state index contributed by atoms with van der Waals surface area (Å²) in [5, 5.41) is 1.67. The van der Waals surface area contributed by atoms with Crippen LogP contribution in [0, 0.1) is 0 Å². The van der Waals surface area contributed by atoms with Gasteiger partial charge in [0.2, 0.25) is 0 Å². The molecule has 0 aliphatic rings. The second-order valence-corrected chi connectivity index (χ2v) is 6.25. The summed E-state index contributed by atoms with van der Waals surface area (Å²) in [5.41, 5.74) is 1.10. The van der Waals surface area contributed by atoms with Crippen molar-refractivity contribution in [1.29, 1.82) is 0 Å². The van der Waals surface area contributed by atoms with Crippen LogP contribution in [0.15, 0.2) is 72.8 Å². The molecule has 0 atom stereocenters. The maximum atomic E-state index is 12.1. The molecule has 0 spiro atoms. The number of benzene rings is 3. The Kier molecular flexibility index (Phi) is 4.94. The predicted octanol–water partition coefficient (Wildman–Crippen LogP) is 5.18. The lowest BCUT2D eigenvalue weighted by molar-refractivity contribution is -0.129. The summed E-state index contributed by atoms with van der Waals surface area (Å²) in [7, 11) is 3.79. The van der Waals surface area contributed by atoms with Crippen molar-refractivity contribution in [2.45, 2.75) is 6.92 Å². The average Bonchev–Trinajstić information content (AvgIpc) is 2.64. The number of para-hydroxylation sites is 1. The van der Waals surface area contributed by atoms with Crippen molar-refractivity contribution in [3.63, 3.8) is 0 Å². The van der Waals surface area contributed by atoms with Gasteiger partial charge in [-0.1, -0.05) is 49.0 Å². The second-order valence-electron chi connectivity index (χ2n) is 6.25. The van der Waals surface area contributed by atoms with Crippen LogP contribution in [0.3, 0.4) is 0 Å². The summed E-state index contributed by atoms with van der Waals surface area (Å²) in [6, 6.07) is 19.2. The zero-order valence-electron chi connectivity index (χ0n) is 15.2. The lowest BCUT2D eigenvalue weighted by atomic mass is 10.1. The molecule has 3 rings (SSSR count). The van der Waals surface area contributed by atoms with Crippen molar-refractivity contribution in [2.75, 3.05) is 19.0 Å². The number of hydrogen-bond donors (Lipinski definition) is 0. The lowest BCUT2D eigenvalue weighted by Gasteiger charge is -2.21. The lowest BCUT2D eigenvalue weighted by Crippen LogP contribution is -2.15. The summed E-state index contributed by atoms with van der Waals surface area (Å²) in [6.07, 6.45) is 0. The molecule has 0 aromatic heterocycles. The molecule has 0 aliphatic carbocycles. The molecule has 0 N–H and O–H groups in total. The van der Waals surface area contributed by atoms with Crippen LogP contribution in [0.5, 0.6) is 17.2 Å². The van der Waals surface area contributed by atoms with E-state index in [1.54, 1.807) is 6.92 Å². The molecule has 3 aromatic rings. The third-order valence-corrected chi connectivity index (χ3v) is 3.93. The number of esters is 1. The summed E-state index contributed by atoms with van der Waals surface area (Å²) < 4.78 is 11.8. The van der Waals surface area contributed by atoms with Gasteiger partial charge in [-0.2, -0.15) is 0 Å². The highest BCUT2D eigenvalue weighted by atomic mass is 16.5. The van der Waals surface area contributed by atoms with Crippen molar-refractivity contribution in [2.24, 2.45) is 0 Å². The van der Waals surface area contributed by atoms with Gasteiger partial charge in [-0.05, 0) is 19.1 Å². The SMILES string of the molecule is C=C(C)C(=O)Oc1c(N(C)C)cc(Oc2ccccc2)c2ccccc12. The fourth-order valence-corrected chi connectivity index (χ4v) is 2.62. The summed E-state index contributed by atoms with van der Waals surface area (Å²) in [6.45, 7) is 5.30. The van der Waals surface area contributed by atoms with E-state index in [-0.39, 0.29) is 0 Å². The normalized spacial score (nSPS) is 10.4. The van der Waals surface area contributed by atoms with Crippen LogP contribution in [-0.2, 0) is 4.79 Å². The zero-order valence-corrected chi connectivity index (χ0v) is 15.2. The number of carbonyl (C=O) groups is 1. The minimum absolute atomic E-state index is 0.350. The summed E-state index contributed by atoms with van der Waals surface area (Å²) in [4.78, 5) is 14.0. The average molecular weight is 347 g/mol. The van der Waals surface area contributed by atoms with Crippen LogP contribution in [-0.4, -0.2) is 20.1 Å². The van der Waals surface area contributed by atoms with E-state index in [9.17, 15) is 4.79 Å². The quantitative estimate of drug-likeness (QED) is 0.362. The highest BCUT2D eigenvalue weighted by molar-refractivity contribution is 6.01. The zero-order chi connectivity index (χ0) is 18.7. The van der Waals surface area contributed by atoms with E-state index in [1.807, 2.05) is 79.7 Å². The van der Waals surface area contributed by atoms with Gasteiger partial charge in [0.1, 0.15) is 11.5 Å². The topological polar surface area (TPSA) is 38.8 Å². The van der Waals surface area contributed by atoms with Gasteiger partial charge >= 0.3 is 5.97 Å². The van der Waals surface area contributed by atoms with Gasteiger partial charge in [0, 0.05) is 36.5 Å². The maximum Gasteiger partial charge on any atom is 0.338 e. The van der Waals surface area contributed by atoms with Crippen molar-refractivity contribution in [1.82, 2.24) is 0 Å². The molecule has 0 fully saturated rings. The molecular weight excluding hydrogens is 326 g/mol. The van der Waals surface area contributed by atoms with Gasteiger partial charge in [-0.25, -0.2) is 4.79 Å². The molecule has 0 heterocycles. The number of carbonyl (C=O) groups excluding carboxylic acids is 1. The fourth-order valence-electron chi connectivity index (χ4n) is 2.62. The summed E-state index contributed by atoms with van der Waals surface area (Å²) in [5.74, 6) is 1.49. The first kappa shape index (κ1) is 17.5. The molecule has 4 heteroatoms. The first-order chi connectivity index (χ1) is 12.5. The number of fused-ring (bicyclic) bond motifs is 1. The fraction of sp³-hybridized carbons (Fsp3) is 0.136. The highest BCUT2D eigenvalue weighted by Crippen LogP contribution is 2.42. The second kappa shape index (κ2) is 7.31. The van der Waals surface area contributed by atoms with Crippen LogP contribution in [0.4, 0.5) is 5.69 Å². The number of ether oxygens (including phenoxy) is 2. The Hall–Kier alpha value is -3.27. The highest BCUT2D eigenvalue weighted by Gasteiger charge is 2.19. The van der Waals surface area contributed by atoms with Crippen molar-refractivity contribution in [3.05, 3.63) is 72.8 Å². The Morgan fingerprint density at radius 1 is 0.962 bits per heavy atom. The van der Waals surface area contributed by atoms with Crippen LogP contribution < -0.4 is 14.4 Å². The Balaban J connectivity index is 2.19. The molecule has 0 saturated carbocycles. The maximum absolute atomic E-state index is 12.1. The third-order valence-electron chi connectivity index (χ3n) is 3.93. The van der Waals surface area contributed by atoms with Gasteiger partial charge < -0.3 is 14.4 Å². The van der Waals surface area contributed by atoms with Gasteiger partial charge in [0.05, 0.1) is 5.69 Å². The number of hydrogen-bond acceptors (Lipinski definition) is 4. The molecule has 0 radical (unpaired) electrons.